The molecule has 0 bridgehead atoms. The molecule has 0 unspecified atom stereocenters. The van der Waals surface area contributed by atoms with Gasteiger partial charge in [-0.15, -0.1) is 0 Å². The van der Waals surface area contributed by atoms with E-state index in [4.69, 9.17) is 33.2 Å². The van der Waals surface area contributed by atoms with Gasteiger partial charge < -0.3 is 33.2 Å². The van der Waals surface area contributed by atoms with Crippen molar-refractivity contribution in [1.82, 2.24) is 4.90 Å². The second kappa shape index (κ2) is 26.4. The summed E-state index contributed by atoms with van der Waals surface area (Å²) in [4.78, 5) is 56.9. The van der Waals surface area contributed by atoms with Gasteiger partial charge in [0.25, 0.3) is 11.8 Å². The highest BCUT2D eigenvalue weighted by atomic mass is 16.6. The molecule has 4 aromatic rings. The number of rotatable bonds is 30. The summed E-state index contributed by atoms with van der Waals surface area (Å²) in [5.41, 5.74) is 0.578. The molecular weight excluding hydrogens is 839 g/mol. The molecule has 0 N–H and O–H groups in total. The highest BCUT2D eigenvalue weighted by Crippen LogP contribution is 2.38. The lowest BCUT2D eigenvalue weighted by atomic mass is 9.85. The summed E-state index contributed by atoms with van der Waals surface area (Å²) in [6, 6.07) is 28.6. The maximum absolute atomic E-state index is 14.6. The molecule has 0 aromatic heterocycles. The van der Waals surface area contributed by atoms with Crippen LogP contribution in [0.2, 0.25) is 0 Å². The minimum Gasteiger partial charge on any atom is -0.497 e. The second-order valence-corrected chi connectivity index (χ2v) is 16.7. The predicted molar refractivity (Wildman–Crippen MR) is 253 cm³/mol. The highest BCUT2D eigenvalue weighted by molar-refractivity contribution is 6.23. The number of methoxy groups -OCH3 is 4. The van der Waals surface area contributed by atoms with Crippen molar-refractivity contribution in [2.24, 2.45) is 0 Å². The molecule has 0 spiro atoms. The first kappa shape index (κ1) is 51.2. The lowest BCUT2D eigenvalue weighted by Crippen LogP contribution is -2.67. The van der Waals surface area contributed by atoms with Gasteiger partial charge in [0.15, 0.2) is 5.54 Å². The third-order valence-electron chi connectivity index (χ3n) is 12.0. The van der Waals surface area contributed by atoms with E-state index in [0.717, 1.165) is 73.0 Å². The number of ether oxygens (including phenoxy) is 7. The SMILES string of the molecule is CCCCCCC(=O)CCCCCC/C=C/[C@H](OCc1ccc(OC)cc1)[C@@H](OCc1ccc(OC)cc1)[C@H](OCc1ccc(OC)cc1)[C@@](C)(C(=O)OC)N1C(=O)c2ccccc2C1=O. The van der Waals surface area contributed by atoms with E-state index in [-0.39, 0.29) is 30.9 Å². The zero-order valence-electron chi connectivity index (χ0n) is 39.5. The largest absolute Gasteiger partial charge is 0.497 e. The first-order valence-corrected chi connectivity index (χ1v) is 23.1. The third kappa shape index (κ3) is 13.9. The summed E-state index contributed by atoms with van der Waals surface area (Å²) in [5, 5.41) is 0. The molecular formula is C54H67NO11. The standard InChI is InChI=1S/C54H67NO11/c1-7-8-9-14-19-42(56)20-15-12-10-11-13-16-23-48(64-36-39-24-30-43(60-3)31-25-39)49(65-37-40-26-32-44(61-4)33-27-40)50(66-38-41-28-34-45(62-5)35-29-41)54(2,53(59)63-6)55-51(57)46-21-17-18-22-47(46)52(55)58/h16-18,21-35,48-50H,7-15,19-20,36-38H2,1-6H3/b23-16+/t48-,49+,50-,54-/m0/s1. The fraction of sp³-hybridized carbons (Fsp3) is 0.444. The molecule has 0 fully saturated rings. The molecule has 4 atom stereocenters. The average molecular weight is 906 g/mol. The average Bonchev–Trinajstić information content (AvgIpc) is 3.61. The van der Waals surface area contributed by atoms with E-state index >= 15 is 0 Å². The Balaban J connectivity index is 1.54. The number of esters is 1. The summed E-state index contributed by atoms with van der Waals surface area (Å²) >= 11 is 0. The quantitative estimate of drug-likeness (QED) is 0.0214. The number of amides is 2. The second-order valence-electron chi connectivity index (χ2n) is 16.7. The lowest BCUT2D eigenvalue weighted by molar-refractivity contribution is -0.190. The number of fused-ring (bicyclic) bond motifs is 1. The summed E-state index contributed by atoms with van der Waals surface area (Å²) in [6.07, 6.45) is 10.5. The molecule has 12 heteroatoms. The molecule has 4 aromatic carbocycles. The maximum atomic E-state index is 14.6. The fourth-order valence-electron chi connectivity index (χ4n) is 8.12. The molecule has 1 aliphatic rings. The van der Waals surface area contributed by atoms with Crippen LogP contribution < -0.4 is 14.2 Å². The van der Waals surface area contributed by atoms with Crippen LogP contribution >= 0.6 is 0 Å². The van der Waals surface area contributed by atoms with E-state index in [1.54, 1.807) is 57.7 Å². The van der Waals surface area contributed by atoms with Gasteiger partial charge in [0, 0.05) is 12.8 Å². The van der Waals surface area contributed by atoms with E-state index < -0.39 is 41.6 Å². The molecule has 0 saturated heterocycles. The smallest absolute Gasteiger partial charge is 0.334 e. The Hall–Kier alpha value is -5.82. The van der Waals surface area contributed by atoms with Crippen LogP contribution in [-0.4, -0.2) is 80.8 Å². The van der Waals surface area contributed by atoms with Crippen molar-refractivity contribution >= 4 is 23.6 Å². The van der Waals surface area contributed by atoms with E-state index in [1.807, 2.05) is 72.8 Å². The molecule has 1 aliphatic heterocycles. The zero-order valence-corrected chi connectivity index (χ0v) is 39.5. The van der Waals surface area contributed by atoms with Gasteiger partial charge in [-0.2, -0.15) is 0 Å². The lowest BCUT2D eigenvalue weighted by Gasteiger charge is -2.45. The molecule has 0 saturated carbocycles. The Labute approximate surface area is 390 Å². The molecule has 0 radical (unpaired) electrons. The number of nitrogens with zero attached hydrogens (tertiary/aromatic N) is 1. The van der Waals surface area contributed by atoms with Crippen LogP contribution in [0.4, 0.5) is 0 Å². The van der Waals surface area contributed by atoms with Gasteiger partial charge in [-0.05, 0) is 97.8 Å². The van der Waals surface area contributed by atoms with Gasteiger partial charge >= 0.3 is 5.97 Å². The predicted octanol–water partition coefficient (Wildman–Crippen LogP) is 10.4. The number of hydrogen-bond acceptors (Lipinski definition) is 11. The summed E-state index contributed by atoms with van der Waals surface area (Å²) in [5.74, 6) is 0.121. The Kier molecular flexibility index (Phi) is 20.4. The zero-order chi connectivity index (χ0) is 47.3. The van der Waals surface area contributed by atoms with Crippen molar-refractivity contribution in [1.29, 1.82) is 0 Å². The van der Waals surface area contributed by atoms with Crippen LogP contribution in [0.25, 0.3) is 0 Å². The topological polar surface area (TPSA) is 136 Å². The van der Waals surface area contributed by atoms with Gasteiger partial charge in [-0.3, -0.25) is 19.3 Å². The number of hydrogen-bond donors (Lipinski definition) is 0. The molecule has 5 rings (SSSR count). The third-order valence-corrected chi connectivity index (χ3v) is 12.0. The van der Waals surface area contributed by atoms with Gasteiger partial charge in [0.1, 0.15) is 41.3 Å². The van der Waals surface area contributed by atoms with Crippen molar-refractivity contribution in [3.8, 4) is 17.2 Å². The van der Waals surface area contributed by atoms with E-state index in [2.05, 4.69) is 6.92 Å². The van der Waals surface area contributed by atoms with E-state index in [9.17, 15) is 19.2 Å². The van der Waals surface area contributed by atoms with Gasteiger partial charge in [0.2, 0.25) is 0 Å². The molecule has 0 aliphatic carbocycles. The Morgan fingerprint density at radius 3 is 1.52 bits per heavy atom. The number of unbranched alkanes of at least 4 members (excludes halogenated alkanes) is 7. The molecule has 2 amide bonds. The van der Waals surface area contributed by atoms with Crippen molar-refractivity contribution < 1.29 is 52.3 Å². The van der Waals surface area contributed by atoms with Crippen LogP contribution in [0.3, 0.4) is 0 Å². The van der Waals surface area contributed by atoms with Crippen LogP contribution in [0.1, 0.15) is 122 Å². The number of Topliss-reactive ketones (excluding diaryl/α,β-unsaturated/α-hetero) is 1. The Morgan fingerprint density at radius 1 is 0.591 bits per heavy atom. The first-order chi connectivity index (χ1) is 32.1. The maximum Gasteiger partial charge on any atom is 0.334 e. The minimum atomic E-state index is -2.10. The van der Waals surface area contributed by atoms with Crippen molar-refractivity contribution in [3.63, 3.8) is 0 Å². The molecule has 354 valence electrons. The fourth-order valence-corrected chi connectivity index (χ4v) is 8.12. The number of benzene rings is 4. The number of ketones is 1. The van der Waals surface area contributed by atoms with Gasteiger partial charge in [0.05, 0.1) is 59.4 Å². The van der Waals surface area contributed by atoms with Crippen molar-refractivity contribution in [3.05, 3.63) is 137 Å². The summed E-state index contributed by atoms with van der Waals surface area (Å²) < 4.78 is 42.3. The Morgan fingerprint density at radius 2 is 1.05 bits per heavy atom. The highest BCUT2D eigenvalue weighted by Gasteiger charge is 2.59. The van der Waals surface area contributed by atoms with Gasteiger partial charge in [-0.1, -0.05) is 99.7 Å². The number of carbonyl (C=O) groups is 4. The van der Waals surface area contributed by atoms with Crippen LogP contribution in [-0.2, 0) is 48.4 Å². The van der Waals surface area contributed by atoms with Crippen LogP contribution in [0.5, 0.6) is 17.2 Å². The van der Waals surface area contributed by atoms with Crippen molar-refractivity contribution in [2.45, 2.75) is 128 Å². The van der Waals surface area contributed by atoms with Crippen LogP contribution in [0, 0.1) is 0 Å². The van der Waals surface area contributed by atoms with E-state index in [1.165, 1.54) is 14.0 Å². The molecule has 66 heavy (non-hydrogen) atoms. The summed E-state index contributed by atoms with van der Waals surface area (Å²) in [7, 11) is 5.99. The monoisotopic (exact) mass is 905 g/mol. The first-order valence-electron chi connectivity index (χ1n) is 23.1. The molecule has 12 nitrogen and oxygen atoms in total. The Bertz CT molecular complexity index is 2130. The number of imide groups is 1. The van der Waals surface area contributed by atoms with Gasteiger partial charge in [-0.25, -0.2) is 4.79 Å². The van der Waals surface area contributed by atoms with Crippen LogP contribution in [0.15, 0.2) is 109 Å². The van der Waals surface area contributed by atoms with Crippen molar-refractivity contribution in [2.75, 3.05) is 28.4 Å². The molecule has 1 heterocycles. The minimum absolute atomic E-state index is 0.0317. The van der Waals surface area contributed by atoms with E-state index in [0.29, 0.717) is 42.3 Å². The number of carbonyl (C=O) groups excluding carboxylic acids is 4. The number of allylic oxidation sites excluding steroid dienone is 1. The normalized spacial score (nSPS) is 14.7. The summed E-state index contributed by atoms with van der Waals surface area (Å²) in [6.45, 7) is 3.76.